The molecule has 3 aliphatic rings. The number of aryl methyl sites for hydroxylation is 2. The van der Waals surface area contributed by atoms with Crippen LogP contribution in [0.2, 0.25) is 0 Å². The van der Waals surface area contributed by atoms with Gasteiger partial charge in [0.15, 0.2) is 11.6 Å². The summed E-state index contributed by atoms with van der Waals surface area (Å²) in [6, 6.07) is 7.93. The minimum Gasteiger partial charge on any atom is -0.393 e. The highest BCUT2D eigenvalue weighted by Gasteiger charge is 2.51. The van der Waals surface area contributed by atoms with Gasteiger partial charge in [-0.05, 0) is 62.4 Å². The molecule has 212 valence electrons. The van der Waals surface area contributed by atoms with Crippen LogP contribution in [0.5, 0.6) is 0 Å². The summed E-state index contributed by atoms with van der Waals surface area (Å²) in [7, 11) is 0. The number of ketones is 1. The molecule has 1 N–H and O–H groups in total. The number of fused-ring (bicyclic) bond motifs is 2. The van der Waals surface area contributed by atoms with Gasteiger partial charge >= 0.3 is 6.18 Å². The lowest BCUT2D eigenvalue weighted by atomic mass is 9.62. The summed E-state index contributed by atoms with van der Waals surface area (Å²) >= 11 is 0. The molecule has 1 unspecified atom stereocenters. The molecule has 2 aliphatic heterocycles. The van der Waals surface area contributed by atoms with Crippen molar-refractivity contribution in [2.24, 2.45) is 5.41 Å². The minimum absolute atomic E-state index is 0.0686. The number of pyridine rings is 1. The fourth-order valence-corrected chi connectivity index (χ4v) is 6.92. The summed E-state index contributed by atoms with van der Waals surface area (Å²) < 4.78 is 40.9. The molecule has 1 saturated heterocycles. The number of aliphatic hydroxyl groups is 1. The summed E-state index contributed by atoms with van der Waals surface area (Å²) in [5.74, 6) is 0.163. The Hall–Kier alpha value is -3.70. The van der Waals surface area contributed by atoms with Crippen molar-refractivity contribution in [3.05, 3.63) is 70.3 Å². The molecule has 0 radical (unpaired) electrons. The van der Waals surface area contributed by atoms with E-state index in [-0.39, 0.29) is 28.7 Å². The van der Waals surface area contributed by atoms with Gasteiger partial charge in [-0.2, -0.15) is 18.3 Å². The first-order valence-corrected chi connectivity index (χ1v) is 13.8. The van der Waals surface area contributed by atoms with Crippen molar-refractivity contribution >= 4 is 16.8 Å². The molecule has 1 aromatic carbocycles. The van der Waals surface area contributed by atoms with Crippen LogP contribution in [0.1, 0.15) is 63.7 Å². The van der Waals surface area contributed by atoms with E-state index in [4.69, 9.17) is 5.10 Å². The molecule has 0 amide bonds. The Kier molecular flexibility index (Phi) is 5.85. The minimum atomic E-state index is -4.53. The Bertz CT molecular complexity index is 1700. The Morgan fingerprint density at radius 2 is 1.85 bits per heavy atom. The smallest absolute Gasteiger partial charge is 0.393 e. The first-order valence-electron chi connectivity index (χ1n) is 13.8. The average Bonchev–Trinajstić information content (AvgIpc) is 3.21. The van der Waals surface area contributed by atoms with E-state index < -0.39 is 11.9 Å². The second-order valence-corrected chi connectivity index (χ2v) is 11.9. The first-order chi connectivity index (χ1) is 19.5. The molecule has 4 aromatic rings. The quantitative estimate of drug-likeness (QED) is 0.380. The van der Waals surface area contributed by atoms with Crippen molar-refractivity contribution in [2.75, 3.05) is 13.1 Å². The van der Waals surface area contributed by atoms with Crippen LogP contribution in [-0.4, -0.2) is 59.7 Å². The SMILES string of the molecule is Cc1cc(-c2ncc3nc(C(F)(F)F)ccc3n2)ccc1C1CCn2nc(CN3CC4(CC(O)C4)C3)c(C)c2C1=O. The van der Waals surface area contributed by atoms with Gasteiger partial charge in [0, 0.05) is 42.7 Å². The Labute approximate surface area is 234 Å². The molecule has 5 heterocycles. The van der Waals surface area contributed by atoms with Gasteiger partial charge in [-0.15, -0.1) is 0 Å². The van der Waals surface area contributed by atoms with Gasteiger partial charge in [0.25, 0.3) is 0 Å². The van der Waals surface area contributed by atoms with Crippen LogP contribution in [0.4, 0.5) is 13.2 Å². The van der Waals surface area contributed by atoms with Crippen molar-refractivity contribution in [2.45, 2.75) is 64.4 Å². The molecule has 41 heavy (non-hydrogen) atoms. The standard InChI is InChI=1S/C30H29F3N6O2/c1-16-9-18(28-34-12-23-22(36-28)5-6-25(35-23)30(31,32)33)3-4-20(16)21-7-8-39-26(27(21)41)17(2)24(37-39)13-38-14-29(15-38)10-19(40)11-29/h3-6,9,12,19,21,40H,7-8,10-11,13-15H2,1-2H3. The monoisotopic (exact) mass is 562 g/mol. The largest absolute Gasteiger partial charge is 0.433 e. The topological polar surface area (TPSA) is 97.0 Å². The zero-order valence-electron chi connectivity index (χ0n) is 22.7. The predicted molar refractivity (Wildman–Crippen MR) is 144 cm³/mol. The number of likely N-dealkylation sites (tertiary alicyclic amines) is 1. The number of aromatic nitrogens is 5. The van der Waals surface area contributed by atoms with Crippen LogP contribution in [-0.2, 0) is 19.3 Å². The summed E-state index contributed by atoms with van der Waals surface area (Å²) in [6.07, 6.45) is -0.971. The van der Waals surface area contributed by atoms with Crippen molar-refractivity contribution in [3.63, 3.8) is 0 Å². The zero-order valence-corrected chi connectivity index (χ0v) is 22.7. The number of benzene rings is 1. The van der Waals surface area contributed by atoms with E-state index in [1.54, 1.807) is 0 Å². The van der Waals surface area contributed by atoms with E-state index in [1.807, 2.05) is 36.7 Å². The van der Waals surface area contributed by atoms with Crippen LogP contribution in [0.3, 0.4) is 0 Å². The van der Waals surface area contributed by atoms with E-state index in [9.17, 15) is 23.1 Å². The maximum Gasteiger partial charge on any atom is 0.433 e. The molecule has 3 aromatic heterocycles. The molecule has 1 saturated carbocycles. The van der Waals surface area contributed by atoms with Crippen molar-refractivity contribution < 1.29 is 23.1 Å². The number of nitrogens with zero attached hydrogens (tertiary/aromatic N) is 6. The van der Waals surface area contributed by atoms with E-state index in [0.29, 0.717) is 42.1 Å². The van der Waals surface area contributed by atoms with Crippen LogP contribution in [0.25, 0.3) is 22.4 Å². The second kappa shape index (κ2) is 9.15. The average molecular weight is 563 g/mol. The molecule has 0 bridgehead atoms. The summed E-state index contributed by atoms with van der Waals surface area (Å²) in [5, 5.41) is 14.5. The lowest BCUT2D eigenvalue weighted by molar-refractivity contribution is -0.141. The van der Waals surface area contributed by atoms with Gasteiger partial charge in [-0.25, -0.2) is 15.0 Å². The van der Waals surface area contributed by atoms with E-state index >= 15 is 0 Å². The molecule has 1 spiro atoms. The highest BCUT2D eigenvalue weighted by molar-refractivity contribution is 6.01. The Morgan fingerprint density at radius 3 is 2.56 bits per heavy atom. The number of carbonyl (C=O) groups excluding carboxylic acids is 1. The van der Waals surface area contributed by atoms with E-state index in [0.717, 1.165) is 54.4 Å². The molecular weight excluding hydrogens is 533 g/mol. The first kappa shape index (κ1) is 26.2. The molecule has 1 aliphatic carbocycles. The Morgan fingerprint density at radius 1 is 1.07 bits per heavy atom. The third-order valence-electron chi connectivity index (χ3n) is 8.93. The number of hydrogen-bond donors (Lipinski definition) is 1. The van der Waals surface area contributed by atoms with E-state index in [1.165, 1.54) is 12.3 Å². The van der Waals surface area contributed by atoms with Gasteiger partial charge in [0.2, 0.25) is 0 Å². The predicted octanol–water partition coefficient (Wildman–Crippen LogP) is 4.85. The van der Waals surface area contributed by atoms with Crippen molar-refractivity contribution in [1.29, 1.82) is 0 Å². The molecule has 8 nitrogen and oxygen atoms in total. The molecule has 7 rings (SSSR count). The zero-order chi connectivity index (χ0) is 28.7. The van der Waals surface area contributed by atoms with Crippen LogP contribution in [0, 0.1) is 19.3 Å². The number of carbonyl (C=O) groups is 1. The lowest BCUT2D eigenvalue weighted by Gasteiger charge is -2.57. The van der Waals surface area contributed by atoms with Gasteiger partial charge in [-0.3, -0.25) is 14.4 Å². The lowest BCUT2D eigenvalue weighted by Crippen LogP contribution is -2.63. The summed E-state index contributed by atoms with van der Waals surface area (Å²) in [5.41, 5.74) is 4.85. The van der Waals surface area contributed by atoms with Gasteiger partial charge in [0.05, 0.1) is 29.4 Å². The van der Waals surface area contributed by atoms with Crippen molar-refractivity contribution in [3.8, 4) is 11.4 Å². The van der Waals surface area contributed by atoms with Crippen LogP contribution in [0.15, 0.2) is 36.5 Å². The highest BCUT2D eigenvalue weighted by Crippen LogP contribution is 2.48. The Balaban J connectivity index is 1.10. The normalized spacial score (nSPS) is 20.7. The van der Waals surface area contributed by atoms with Gasteiger partial charge in [0.1, 0.15) is 16.9 Å². The fourth-order valence-electron chi connectivity index (χ4n) is 6.92. The molecule has 2 fully saturated rings. The fraction of sp³-hybridized carbons (Fsp3) is 0.433. The van der Waals surface area contributed by atoms with Crippen LogP contribution < -0.4 is 0 Å². The number of halogens is 3. The second-order valence-electron chi connectivity index (χ2n) is 11.9. The van der Waals surface area contributed by atoms with Crippen molar-refractivity contribution in [1.82, 2.24) is 29.6 Å². The maximum atomic E-state index is 13.8. The van der Waals surface area contributed by atoms with Gasteiger partial charge < -0.3 is 5.11 Å². The summed E-state index contributed by atoms with van der Waals surface area (Å²) in [6.45, 7) is 7.25. The number of alkyl halides is 3. The van der Waals surface area contributed by atoms with Gasteiger partial charge in [-0.1, -0.05) is 12.1 Å². The molecule has 11 heteroatoms. The third kappa shape index (κ3) is 4.42. The highest BCUT2D eigenvalue weighted by atomic mass is 19.4. The number of rotatable bonds is 4. The van der Waals surface area contributed by atoms with E-state index in [2.05, 4.69) is 19.9 Å². The molecular formula is C30H29F3N6O2. The number of hydrogen-bond acceptors (Lipinski definition) is 7. The summed E-state index contributed by atoms with van der Waals surface area (Å²) in [4.78, 5) is 28.4. The molecule has 1 atom stereocenters. The number of Topliss-reactive ketones (excluding diaryl/α,β-unsaturated/α-hetero) is 1. The number of aliphatic hydroxyl groups excluding tert-OH is 1. The third-order valence-corrected chi connectivity index (χ3v) is 8.93. The maximum absolute atomic E-state index is 13.8. The van der Waals surface area contributed by atoms with Crippen LogP contribution >= 0.6 is 0 Å².